The van der Waals surface area contributed by atoms with Crippen molar-refractivity contribution in [1.82, 2.24) is 19.4 Å². The van der Waals surface area contributed by atoms with Gasteiger partial charge < -0.3 is 14.8 Å². The fraction of sp³-hybridized carbons (Fsp3) is 0.514. The van der Waals surface area contributed by atoms with Crippen LogP contribution in [0.5, 0.6) is 0 Å². The van der Waals surface area contributed by atoms with E-state index in [0.717, 1.165) is 61.7 Å². The number of imidazole rings is 1. The van der Waals surface area contributed by atoms with Crippen LogP contribution in [-0.2, 0) is 17.8 Å². The van der Waals surface area contributed by atoms with Gasteiger partial charge in [0.1, 0.15) is 5.82 Å². The molecule has 2 fully saturated rings. The minimum atomic E-state index is -0.0919. The highest BCUT2D eigenvalue weighted by Gasteiger charge is 2.42. The minimum Gasteiger partial charge on any atom is -0.336 e. The molecular weight excluding hydrogens is 536 g/mol. The highest BCUT2D eigenvalue weighted by molar-refractivity contribution is 6.01. The molecule has 1 unspecified atom stereocenters. The van der Waals surface area contributed by atoms with Gasteiger partial charge in [0, 0.05) is 67.2 Å². The summed E-state index contributed by atoms with van der Waals surface area (Å²) in [5.74, 6) is 1.34. The predicted molar refractivity (Wildman–Crippen MR) is 171 cm³/mol. The summed E-state index contributed by atoms with van der Waals surface area (Å²) in [6.07, 6.45) is 6.58. The Hall–Kier alpha value is -3.65. The SMILES string of the molecule is Cc1ccc(NC(=O)N(CCCN2[C@@H]3CC[C@H]2CC(n2c(C)nc4c2CCN(C(=O)C(C)C)C4)C3)c2ccccc2)cc1. The Morgan fingerprint density at radius 2 is 1.67 bits per heavy atom. The van der Waals surface area contributed by atoms with Gasteiger partial charge in [-0.25, -0.2) is 9.78 Å². The maximum Gasteiger partial charge on any atom is 0.326 e. The van der Waals surface area contributed by atoms with Crippen LogP contribution in [0.1, 0.15) is 74.8 Å². The molecule has 3 aliphatic heterocycles. The first-order chi connectivity index (χ1) is 20.8. The predicted octanol–water partition coefficient (Wildman–Crippen LogP) is 6.34. The maximum atomic E-state index is 13.4. The van der Waals surface area contributed by atoms with Gasteiger partial charge in [0.25, 0.3) is 0 Å². The standard InChI is InChI=1S/C35H46N6O2/c1-24(2)34(42)38-20-17-33-32(23-38)36-26(4)41(33)31-21-29-15-16-30(22-31)39(29)18-8-19-40(28-9-6-5-7-10-28)35(43)37-27-13-11-25(3)12-14-27/h5-7,9-14,24,29-31H,8,15-23H2,1-4H3,(H,37,43)/t29-,30+,31?. The quantitative estimate of drug-likeness (QED) is 0.337. The zero-order valence-electron chi connectivity index (χ0n) is 26.1. The fourth-order valence-electron chi connectivity index (χ4n) is 7.59. The highest BCUT2D eigenvalue weighted by Crippen LogP contribution is 2.42. The van der Waals surface area contributed by atoms with Crippen molar-refractivity contribution in [1.29, 1.82) is 0 Å². The molecule has 8 nitrogen and oxygen atoms in total. The molecule has 0 saturated carbocycles. The number of amides is 3. The molecule has 0 aliphatic carbocycles. The number of nitrogens with one attached hydrogen (secondary N) is 1. The van der Waals surface area contributed by atoms with Gasteiger partial charge in [0.15, 0.2) is 0 Å². The van der Waals surface area contributed by atoms with Crippen LogP contribution in [0.4, 0.5) is 16.2 Å². The lowest BCUT2D eigenvalue weighted by Gasteiger charge is -2.41. The van der Waals surface area contributed by atoms with Crippen LogP contribution in [-0.4, -0.2) is 63.0 Å². The van der Waals surface area contributed by atoms with Gasteiger partial charge in [-0.3, -0.25) is 14.6 Å². The third-order valence-corrected chi connectivity index (χ3v) is 9.67. The van der Waals surface area contributed by atoms with Crippen LogP contribution >= 0.6 is 0 Å². The Morgan fingerprint density at radius 3 is 2.35 bits per heavy atom. The zero-order valence-corrected chi connectivity index (χ0v) is 26.1. The van der Waals surface area contributed by atoms with Crippen LogP contribution in [0, 0.1) is 19.8 Å². The Bertz CT molecular complexity index is 1420. The van der Waals surface area contributed by atoms with Gasteiger partial charge in [-0.2, -0.15) is 0 Å². The van der Waals surface area contributed by atoms with Crippen molar-refractivity contribution >= 4 is 23.3 Å². The average molecular weight is 583 g/mol. The molecule has 43 heavy (non-hydrogen) atoms. The van der Waals surface area contributed by atoms with Gasteiger partial charge in [-0.1, -0.05) is 49.7 Å². The molecule has 228 valence electrons. The van der Waals surface area contributed by atoms with E-state index in [4.69, 9.17) is 4.98 Å². The second-order valence-corrected chi connectivity index (χ2v) is 13.0. The number of para-hydroxylation sites is 1. The summed E-state index contributed by atoms with van der Waals surface area (Å²) < 4.78 is 2.53. The summed E-state index contributed by atoms with van der Waals surface area (Å²) in [6.45, 7) is 11.2. The van der Waals surface area contributed by atoms with Crippen LogP contribution < -0.4 is 10.2 Å². The van der Waals surface area contributed by atoms with Crippen molar-refractivity contribution in [3.8, 4) is 0 Å². The van der Waals surface area contributed by atoms with Gasteiger partial charge in [-0.15, -0.1) is 0 Å². The van der Waals surface area contributed by atoms with Gasteiger partial charge in [0.05, 0.1) is 12.2 Å². The van der Waals surface area contributed by atoms with Crippen LogP contribution in [0.3, 0.4) is 0 Å². The van der Waals surface area contributed by atoms with E-state index in [1.807, 2.05) is 85.2 Å². The van der Waals surface area contributed by atoms with E-state index in [-0.39, 0.29) is 17.9 Å². The van der Waals surface area contributed by atoms with Crippen molar-refractivity contribution < 1.29 is 9.59 Å². The van der Waals surface area contributed by atoms with Crippen molar-refractivity contribution in [2.75, 3.05) is 29.9 Å². The van der Waals surface area contributed by atoms with Crippen LogP contribution in [0.2, 0.25) is 0 Å². The molecule has 2 bridgehead atoms. The third kappa shape index (κ3) is 6.21. The summed E-state index contributed by atoms with van der Waals surface area (Å²) in [5, 5.41) is 3.09. The number of aryl methyl sites for hydroxylation is 2. The van der Waals surface area contributed by atoms with E-state index >= 15 is 0 Å². The number of fused-ring (bicyclic) bond motifs is 3. The Morgan fingerprint density at radius 1 is 0.977 bits per heavy atom. The van der Waals surface area contributed by atoms with Crippen LogP contribution in [0.15, 0.2) is 54.6 Å². The minimum absolute atomic E-state index is 0.0204. The van der Waals surface area contributed by atoms with Gasteiger partial charge in [-0.05, 0) is 70.2 Å². The fourth-order valence-corrected chi connectivity index (χ4v) is 7.59. The van der Waals surface area contributed by atoms with E-state index in [0.29, 0.717) is 31.2 Å². The lowest BCUT2D eigenvalue weighted by molar-refractivity contribution is -0.135. The molecule has 3 aliphatic rings. The number of aromatic nitrogens is 2. The van der Waals surface area contributed by atoms with Crippen molar-refractivity contribution in [3.63, 3.8) is 0 Å². The number of urea groups is 1. The Kier molecular flexibility index (Phi) is 8.57. The van der Waals surface area contributed by atoms with Crippen molar-refractivity contribution in [3.05, 3.63) is 77.4 Å². The number of benzene rings is 2. The van der Waals surface area contributed by atoms with Gasteiger partial charge in [0.2, 0.25) is 5.91 Å². The average Bonchev–Trinajstić information content (AvgIpc) is 3.45. The molecule has 2 aromatic carbocycles. The number of anilines is 2. The molecule has 3 atom stereocenters. The summed E-state index contributed by atoms with van der Waals surface area (Å²) in [6, 6.07) is 19.4. The first-order valence-electron chi connectivity index (χ1n) is 16.1. The summed E-state index contributed by atoms with van der Waals surface area (Å²) in [5.41, 5.74) is 5.35. The number of hydrogen-bond acceptors (Lipinski definition) is 4. The molecule has 1 N–H and O–H groups in total. The van der Waals surface area contributed by atoms with Crippen LogP contribution in [0.25, 0.3) is 0 Å². The number of piperidine rings is 1. The Labute approximate surface area is 256 Å². The molecule has 3 amide bonds. The topological polar surface area (TPSA) is 73.7 Å². The van der Waals surface area contributed by atoms with E-state index in [2.05, 4.69) is 21.7 Å². The van der Waals surface area contributed by atoms with E-state index in [9.17, 15) is 9.59 Å². The van der Waals surface area contributed by atoms with Crippen molar-refractivity contribution in [2.24, 2.45) is 5.92 Å². The number of carbonyl (C=O) groups excluding carboxylic acids is 2. The largest absolute Gasteiger partial charge is 0.336 e. The summed E-state index contributed by atoms with van der Waals surface area (Å²) in [7, 11) is 0. The lowest BCUT2D eigenvalue weighted by atomic mass is 9.95. The second-order valence-electron chi connectivity index (χ2n) is 13.0. The van der Waals surface area contributed by atoms with Crippen molar-refractivity contribution in [2.45, 2.75) is 90.9 Å². The highest BCUT2D eigenvalue weighted by atomic mass is 16.2. The van der Waals surface area contributed by atoms with E-state index in [1.165, 1.54) is 24.1 Å². The smallest absolute Gasteiger partial charge is 0.326 e. The number of rotatable bonds is 8. The van der Waals surface area contributed by atoms with Gasteiger partial charge >= 0.3 is 6.03 Å². The molecule has 2 saturated heterocycles. The molecule has 3 aromatic rings. The third-order valence-electron chi connectivity index (χ3n) is 9.67. The molecule has 1 aromatic heterocycles. The zero-order chi connectivity index (χ0) is 30.1. The first kappa shape index (κ1) is 29.4. The maximum absolute atomic E-state index is 13.4. The summed E-state index contributed by atoms with van der Waals surface area (Å²) in [4.78, 5) is 37.6. The normalized spacial score (nSPS) is 21.6. The molecule has 8 heteroatoms. The van der Waals surface area contributed by atoms with E-state index < -0.39 is 0 Å². The molecule has 6 rings (SSSR count). The number of hydrogen-bond donors (Lipinski definition) is 1. The molecule has 4 heterocycles. The lowest BCUT2D eigenvalue weighted by Crippen LogP contribution is -2.45. The Balaban J connectivity index is 1.09. The molecule has 0 radical (unpaired) electrons. The summed E-state index contributed by atoms with van der Waals surface area (Å²) >= 11 is 0. The molecule has 0 spiro atoms. The number of carbonyl (C=O) groups is 2. The monoisotopic (exact) mass is 582 g/mol. The first-order valence-corrected chi connectivity index (χ1v) is 16.1. The number of nitrogens with zero attached hydrogens (tertiary/aromatic N) is 5. The van der Waals surface area contributed by atoms with E-state index in [1.54, 1.807) is 0 Å². The molecular formula is C35H46N6O2. The second kappa shape index (κ2) is 12.5.